The fourth-order valence-electron chi connectivity index (χ4n) is 3.59. The summed E-state index contributed by atoms with van der Waals surface area (Å²) in [7, 11) is 1.73. The van der Waals surface area contributed by atoms with Crippen LogP contribution < -0.4 is 15.0 Å². The van der Waals surface area contributed by atoms with Crippen LogP contribution in [0.4, 0.5) is 5.69 Å². The van der Waals surface area contributed by atoms with Crippen LogP contribution in [0.2, 0.25) is 0 Å². The van der Waals surface area contributed by atoms with Crippen LogP contribution in [-0.4, -0.2) is 84.0 Å². The molecule has 0 spiro atoms. The zero-order valence-electron chi connectivity index (χ0n) is 18.7. The number of para-hydroxylation sites is 2. The number of aromatic nitrogens is 3. The second kappa shape index (κ2) is 13.7. The van der Waals surface area contributed by atoms with Crippen LogP contribution in [0.15, 0.2) is 35.6 Å². The van der Waals surface area contributed by atoms with Crippen LogP contribution >= 0.6 is 35.7 Å². The summed E-state index contributed by atoms with van der Waals surface area (Å²) in [6, 6.07) is 8.23. The third-order valence-electron chi connectivity index (χ3n) is 5.21. The molecule has 1 aromatic carbocycles. The van der Waals surface area contributed by atoms with Crippen molar-refractivity contribution in [3.63, 3.8) is 0 Å². The molecule has 172 valence electrons. The van der Waals surface area contributed by atoms with Gasteiger partial charge in [0.15, 0.2) is 5.96 Å². The SMILES string of the molecule is CCc1nncn1CCNC(=NCCSC)N1CCN(c2ccccc2OC)CC1.I. The second-order valence-corrected chi connectivity index (χ2v) is 8.05. The van der Waals surface area contributed by atoms with Crippen LogP contribution in [0, 0.1) is 0 Å². The maximum Gasteiger partial charge on any atom is 0.194 e. The van der Waals surface area contributed by atoms with E-state index in [0.717, 1.165) is 81.2 Å². The number of guanidine groups is 1. The molecule has 0 saturated carbocycles. The largest absolute Gasteiger partial charge is 0.495 e. The number of rotatable bonds is 9. The van der Waals surface area contributed by atoms with E-state index in [9.17, 15) is 0 Å². The molecule has 0 atom stereocenters. The van der Waals surface area contributed by atoms with E-state index in [1.165, 1.54) is 0 Å². The van der Waals surface area contributed by atoms with Crippen LogP contribution in [0.25, 0.3) is 0 Å². The fourth-order valence-corrected chi connectivity index (χ4v) is 3.86. The summed E-state index contributed by atoms with van der Waals surface area (Å²) in [5, 5.41) is 11.7. The third-order valence-corrected chi connectivity index (χ3v) is 5.80. The van der Waals surface area contributed by atoms with Gasteiger partial charge in [0.05, 0.1) is 19.3 Å². The third kappa shape index (κ3) is 7.16. The predicted molar refractivity (Wildman–Crippen MR) is 140 cm³/mol. The number of nitrogens with zero attached hydrogens (tertiary/aromatic N) is 6. The lowest BCUT2D eigenvalue weighted by Crippen LogP contribution is -2.53. The number of nitrogens with one attached hydrogen (secondary N) is 1. The van der Waals surface area contributed by atoms with Gasteiger partial charge in [0.2, 0.25) is 0 Å². The summed E-state index contributed by atoms with van der Waals surface area (Å²) in [5.74, 6) is 3.97. The maximum absolute atomic E-state index is 5.54. The Kier molecular flexibility index (Phi) is 11.3. The predicted octanol–water partition coefficient (Wildman–Crippen LogP) is 2.60. The Morgan fingerprint density at radius 2 is 2.00 bits per heavy atom. The first-order valence-electron chi connectivity index (χ1n) is 10.5. The molecule has 0 aliphatic carbocycles. The molecular weight excluding hydrogens is 525 g/mol. The first-order valence-corrected chi connectivity index (χ1v) is 11.9. The quantitative estimate of drug-likeness (QED) is 0.219. The zero-order valence-corrected chi connectivity index (χ0v) is 21.8. The lowest BCUT2D eigenvalue weighted by atomic mass is 10.2. The number of methoxy groups -OCH3 is 1. The molecule has 1 N–H and O–H groups in total. The molecule has 2 heterocycles. The van der Waals surface area contributed by atoms with E-state index in [1.807, 2.05) is 23.9 Å². The van der Waals surface area contributed by atoms with Gasteiger partial charge in [0.25, 0.3) is 0 Å². The highest BCUT2D eigenvalue weighted by atomic mass is 127. The summed E-state index contributed by atoms with van der Waals surface area (Å²) in [4.78, 5) is 9.61. The normalized spacial score (nSPS) is 14.4. The standard InChI is InChI=1S/C21H33N7OS.HI/c1-4-20-25-24-17-28(20)11-9-22-21(23-10-16-30-3)27-14-12-26(13-15-27)18-7-5-6-8-19(18)29-2;/h5-8,17H,4,9-16H2,1-3H3,(H,22,23);1H. The van der Waals surface area contributed by atoms with Crippen molar-refractivity contribution in [2.75, 3.05) is 63.3 Å². The van der Waals surface area contributed by atoms with E-state index in [1.54, 1.807) is 13.4 Å². The Balaban J connectivity index is 0.00000341. The van der Waals surface area contributed by atoms with Crippen molar-refractivity contribution >= 4 is 47.4 Å². The van der Waals surface area contributed by atoms with Crippen molar-refractivity contribution in [3.05, 3.63) is 36.4 Å². The van der Waals surface area contributed by atoms with Crippen LogP contribution in [-0.2, 0) is 13.0 Å². The van der Waals surface area contributed by atoms with E-state index in [-0.39, 0.29) is 24.0 Å². The first-order chi connectivity index (χ1) is 14.8. The van der Waals surface area contributed by atoms with E-state index in [4.69, 9.17) is 9.73 Å². The molecule has 3 rings (SSSR count). The smallest absolute Gasteiger partial charge is 0.194 e. The van der Waals surface area contributed by atoms with E-state index >= 15 is 0 Å². The van der Waals surface area contributed by atoms with Gasteiger partial charge < -0.3 is 24.4 Å². The molecule has 0 amide bonds. The van der Waals surface area contributed by atoms with Gasteiger partial charge in [-0.2, -0.15) is 11.8 Å². The minimum absolute atomic E-state index is 0. The monoisotopic (exact) mass is 559 g/mol. The van der Waals surface area contributed by atoms with Crippen molar-refractivity contribution in [1.29, 1.82) is 0 Å². The lowest BCUT2D eigenvalue weighted by molar-refractivity contribution is 0.366. The van der Waals surface area contributed by atoms with E-state index in [0.29, 0.717) is 0 Å². The lowest BCUT2D eigenvalue weighted by Gasteiger charge is -2.38. The van der Waals surface area contributed by atoms with Crippen molar-refractivity contribution in [1.82, 2.24) is 25.0 Å². The molecule has 2 aromatic rings. The Morgan fingerprint density at radius 1 is 1.23 bits per heavy atom. The Morgan fingerprint density at radius 3 is 2.71 bits per heavy atom. The van der Waals surface area contributed by atoms with Crippen molar-refractivity contribution in [3.8, 4) is 5.75 Å². The molecule has 8 nitrogen and oxygen atoms in total. The van der Waals surface area contributed by atoms with Gasteiger partial charge in [-0.15, -0.1) is 34.2 Å². The van der Waals surface area contributed by atoms with Gasteiger partial charge in [-0.25, -0.2) is 0 Å². The summed E-state index contributed by atoms with van der Waals surface area (Å²) in [5.41, 5.74) is 1.16. The summed E-state index contributed by atoms with van der Waals surface area (Å²) in [6.45, 7) is 8.29. The fraction of sp³-hybridized carbons (Fsp3) is 0.571. The molecule has 1 aromatic heterocycles. The number of anilines is 1. The highest BCUT2D eigenvalue weighted by Gasteiger charge is 2.21. The number of halogens is 1. The molecule has 0 unspecified atom stereocenters. The zero-order chi connectivity index (χ0) is 21.2. The number of hydrogen-bond donors (Lipinski definition) is 1. The minimum atomic E-state index is 0. The highest BCUT2D eigenvalue weighted by molar-refractivity contribution is 14.0. The second-order valence-electron chi connectivity index (χ2n) is 7.06. The molecule has 0 bridgehead atoms. The molecular formula is C21H34IN7OS. The van der Waals surface area contributed by atoms with Crippen molar-refractivity contribution < 1.29 is 4.74 Å². The molecule has 1 fully saturated rings. The van der Waals surface area contributed by atoms with E-state index in [2.05, 4.69) is 55.2 Å². The Hall–Kier alpha value is -1.69. The Bertz CT molecular complexity index is 809. The number of piperazine rings is 1. The average molecular weight is 560 g/mol. The molecule has 31 heavy (non-hydrogen) atoms. The number of thioether (sulfide) groups is 1. The summed E-state index contributed by atoms with van der Waals surface area (Å²) >= 11 is 1.82. The molecule has 1 aliphatic heterocycles. The topological polar surface area (TPSA) is 70.8 Å². The highest BCUT2D eigenvalue weighted by Crippen LogP contribution is 2.28. The maximum atomic E-state index is 5.54. The molecule has 0 radical (unpaired) electrons. The van der Waals surface area contributed by atoms with Crippen LogP contribution in [0.5, 0.6) is 5.75 Å². The van der Waals surface area contributed by atoms with Crippen molar-refractivity contribution in [2.45, 2.75) is 19.9 Å². The van der Waals surface area contributed by atoms with Gasteiger partial charge in [-0.3, -0.25) is 4.99 Å². The van der Waals surface area contributed by atoms with Gasteiger partial charge in [-0.1, -0.05) is 19.1 Å². The van der Waals surface area contributed by atoms with Gasteiger partial charge in [0, 0.05) is 51.4 Å². The molecule has 1 aliphatic rings. The summed E-state index contributed by atoms with van der Waals surface area (Å²) < 4.78 is 7.64. The molecule has 1 saturated heterocycles. The van der Waals surface area contributed by atoms with Gasteiger partial charge >= 0.3 is 0 Å². The van der Waals surface area contributed by atoms with Gasteiger partial charge in [0.1, 0.15) is 17.9 Å². The number of ether oxygens (including phenoxy) is 1. The average Bonchev–Trinajstić information content (AvgIpc) is 3.26. The first kappa shape index (κ1) is 25.6. The number of aryl methyl sites for hydroxylation is 1. The van der Waals surface area contributed by atoms with E-state index < -0.39 is 0 Å². The minimum Gasteiger partial charge on any atom is -0.495 e. The van der Waals surface area contributed by atoms with Crippen LogP contribution in [0.1, 0.15) is 12.7 Å². The van der Waals surface area contributed by atoms with Gasteiger partial charge in [-0.05, 0) is 18.4 Å². The Labute approximate surface area is 206 Å². The van der Waals surface area contributed by atoms with Crippen LogP contribution in [0.3, 0.4) is 0 Å². The molecule has 10 heteroatoms. The number of benzene rings is 1. The number of aliphatic imine (C=N–C) groups is 1. The van der Waals surface area contributed by atoms with Crippen molar-refractivity contribution in [2.24, 2.45) is 4.99 Å². The number of hydrogen-bond acceptors (Lipinski definition) is 6. The summed E-state index contributed by atoms with van der Waals surface area (Å²) in [6.07, 6.45) is 4.81.